The topological polar surface area (TPSA) is 18.5 Å². The molecule has 0 spiro atoms. The van der Waals surface area contributed by atoms with Gasteiger partial charge in [-0.25, -0.2) is 0 Å². The van der Waals surface area contributed by atoms with Crippen LogP contribution in [0.15, 0.2) is 18.2 Å². The number of rotatable bonds is 7. The number of alkyl halides is 1. The summed E-state index contributed by atoms with van der Waals surface area (Å²) in [4.78, 5) is 0. The maximum absolute atomic E-state index is 5.86. The molecule has 0 unspecified atom stereocenters. The van der Waals surface area contributed by atoms with Crippen LogP contribution in [0.5, 0.6) is 5.75 Å². The zero-order valence-electron chi connectivity index (χ0n) is 9.34. The molecule has 0 aliphatic rings. The van der Waals surface area contributed by atoms with E-state index >= 15 is 0 Å². The van der Waals surface area contributed by atoms with Crippen molar-refractivity contribution in [3.8, 4) is 5.75 Å². The van der Waals surface area contributed by atoms with Crippen LogP contribution in [-0.2, 0) is 10.6 Å². The highest BCUT2D eigenvalue weighted by molar-refractivity contribution is 6.30. The number of hydrogen-bond donors (Lipinski definition) is 0. The van der Waals surface area contributed by atoms with Gasteiger partial charge in [0.1, 0.15) is 5.75 Å². The van der Waals surface area contributed by atoms with E-state index in [4.69, 9.17) is 32.7 Å². The summed E-state index contributed by atoms with van der Waals surface area (Å²) < 4.78 is 10.8. The summed E-state index contributed by atoms with van der Waals surface area (Å²) >= 11 is 11.7. The second-order valence-corrected chi connectivity index (χ2v) is 3.99. The molecule has 16 heavy (non-hydrogen) atoms. The minimum absolute atomic E-state index is 0.404. The van der Waals surface area contributed by atoms with Gasteiger partial charge < -0.3 is 9.47 Å². The Morgan fingerprint density at radius 2 is 2.06 bits per heavy atom. The van der Waals surface area contributed by atoms with Crippen molar-refractivity contribution in [1.29, 1.82) is 0 Å². The average molecular weight is 263 g/mol. The number of halogens is 2. The molecular weight excluding hydrogens is 247 g/mol. The zero-order chi connectivity index (χ0) is 11.8. The molecule has 2 nitrogen and oxygen atoms in total. The van der Waals surface area contributed by atoms with Crippen LogP contribution in [0.4, 0.5) is 0 Å². The molecule has 90 valence electrons. The second-order valence-electron chi connectivity index (χ2n) is 3.28. The van der Waals surface area contributed by atoms with Gasteiger partial charge in [-0.2, -0.15) is 0 Å². The zero-order valence-corrected chi connectivity index (χ0v) is 10.9. The summed E-state index contributed by atoms with van der Waals surface area (Å²) in [5.74, 6) is 1.21. The Kier molecular flexibility index (Phi) is 6.62. The molecule has 0 aromatic heterocycles. The quantitative estimate of drug-likeness (QED) is 0.549. The van der Waals surface area contributed by atoms with Crippen LogP contribution in [0.1, 0.15) is 18.9 Å². The van der Waals surface area contributed by atoms with Gasteiger partial charge in [0, 0.05) is 30.2 Å². The van der Waals surface area contributed by atoms with Crippen molar-refractivity contribution in [1.82, 2.24) is 0 Å². The van der Waals surface area contributed by atoms with Crippen molar-refractivity contribution in [3.05, 3.63) is 28.8 Å². The molecule has 1 aromatic carbocycles. The molecule has 0 saturated carbocycles. The average Bonchev–Trinajstić information content (AvgIpc) is 2.30. The van der Waals surface area contributed by atoms with E-state index in [1.54, 1.807) is 6.07 Å². The second kappa shape index (κ2) is 7.77. The Labute approximate surface area is 106 Å². The predicted molar refractivity (Wildman–Crippen MR) is 67.6 cm³/mol. The van der Waals surface area contributed by atoms with Gasteiger partial charge in [0.2, 0.25) is 0 Å². The lowest BCUT2D eigenvalue weighted by Crippen LogP contribution is -2.04. The molecule has 0 aliphatic heterocycles. The minimum Gasteiger partial charge on any atom is -0.493 e. The third-order valence-corrected chi connectivity index (χ3v) is 2.58. The lowest BCUT2D eigenvalue weighted by atomic mass is 10.2. The Morgan fingerprint density at radius 1 is 1.25 bits per heavy atom. The van der Waals surface area contributed by atoms with Crippen LogP contribution in [-0.4, -0.2) is 19.8 Å². The molecule has 0 amide bonds. The highest BCUT2D eigenvalue weighted by atomic mass is 35.5. The lowest BCUT2D eigenvalue weighted by molar-refractivity contribution is 0.130. The normalized spacial score (nSPS) is 10.4. The standard InChI is InChI=1S/C12H16Cl2O2/c1-2-15-6-3-7-16-12-5-4-11(14)8-10(12)9-13/h4-5,8H,2-3,6-7,9H2,1H3. The van der Waals surface area contributed by atoms with Crippen molar-refractivity contribution in [2.45, 2.75) is 19.2 Å². The van der Waals surface area contributed by atoms with Crippen molar-refractivity contribution in [3.63, 3.8) is 0 Å². The fraction of sp³-hybridized carbons (Fsp3) is 0.500. The molecule has 0 N–H and O–H groups in total. The van der Waals surface area contributed by atoms with E-state index < -0.39 is 0 Å². The van der Waals surface area contributed by atoms with E-state index in [9.17, 15) is 0 Å². The Balaban J connectivity index is 2.41. The molecule has 0 bridgehead atoms. The van der Waals surface area contributed by atoms with E-state index in [0.29, 0.717) is 17.5 Å². The van der Waals surface area contributed by atoms with Gasteiger partial charge in [0.05, 0.1) is 12.5 Å². The summed E-state index contributed by atoms with van der Waals surface area (Å²) in [6.45, 7) is 4.07. The van der Waals surface area contributed by atoms with E-state index in [2.05, 4.69) is 0 Å². The number of ether oxygens (including phenoxy) is 2. The van der Waals surface area contributed by atoms with Gasteiger partial charge in [-0.1, -0.05) is 11.6 Å². The first-order valence-electron chi connectivity index (χ1n) is 5.33. The molecule has 0 aliphatic carbocycles. The Morgan fingerprint density at radius 3 is 2.75 bits per heavy atom. The molecule has 0 saturated heterocycles. The third-order valence-electron chi connectivity index (χ3n) is 2.06. The molecule has 0 radical (unpaired) electrons. The van der Waals surface area contributed by atoms with Crippen molar-refractivity contribution in [2.75, 3.05) is 19.8 Å². The van der Waals surface area contributed by atoms with Gasteiger partial charge in [-0.05, 0) is 25.1 Å². The van der Waals surface area contributed by atoms with Crippen molar-refractivity contribution >= 4 is 23.2 Å². The van der Waals surface area contributed by atoms with E-state index in [-0.39, 0.29) is 0 Å². The molecule has 0 fully saturated rings. The molecule has 1 aromatic rings. The van der Waals surface area contributed by atoms with E-state index in [0.717, 1.165) is 30.9 Å². The fourth-order valence-corrected chi connectivity index (χ4v) is 1.68. The van der Waals surface area contributed by atoms with Crippen LogP contribution in [0, 0.1) is 0 Å². The summed E-state index contributed by atoms with van der Waals surface area (Å²) in [6, 6.07) is 5.47. The first-order valence-corrected chi connectivity index (χ1v) is 6.24. The van der Waals surface area contributed by atoms with Gasteiger partial charge in [-0.3, -0.25) is 0 Å². The van der Waals surface area contributed by atoms with Crippen molar-refractivity contribution < 1.29 is 9.47 Å². The third kappa shape index (κ3) is 4.60. The smallest absolute Gasteiger partial charge is 0.123 e. The maximum Gasteiger partial charge on any atom is 0.123 e. The van der Waals surface area contributed by atoms with Crippen LogP contribution in [0.3, 0.4) is 0 Å². The highest BCUT2D eigenvalue weighted by Crippen LogP contribution is 2.24. The largest absolute Gasteiger partial charge is 0.493 e. The monoisotopic (exact) mass is 262 g/mol. The number of benzene rings is 1. The van der Waals surface area contributed by atoms with Crippen LogP contribution in [0.2, 0.25) is 5.02 Å². The summed E-state index contributed by atoms with van der Waals surface area (Å²) in [7, 11) is 0. The molecular formula is C12H16Cl2O2. The molecule has 1 rings (SSSR count). The maximum atomic E-state index is 5.86. The van der Waals surface area contributed by atoms with Crippen LogP contribution < -0.4 is 4.74 Å². The molecule has 0 atom stereocenters. The van der Waals surface area contributed by atoms with Gasteiger partial charge in [-0.15, -0.1) is 11.6 Å². The molecule has 4 heteroatoms. The van der Waals surface area contributed by atoms with Gasteiger partial charge in [0.15, 0.2) is 0 Å². The SMILES string of the molecule is CCOCCCOc1ccc(Cl)cc1CCl. The predicted octanol–water partition coefficient (Wildman–Crippen LogP) is 3.88. The highest BCUT2D eigenvalue weighted by Gasteiger charge is 2.03. The van der Waals surface area contributed by atoms with E-state index in [1.807, 2.05) is 19.1 Å². The van der Waals surface area contributed by atoms with Crippen LogP contribution >= 0.6 is 23.2 Å². The van der Waals surface area contributed by atoms with Gasteiger partial charge in [0.25, 0.3) is 0 Å². The first-order chi connectivity index (χ1) is 7.77. The molecule has 0 heterocycles. The van der Waals surface area contributed by atoms with E-state index in [1.165, 1.54) is 0 Å². The number of hydrogen-bond acceptors (Lipinski definition) is 2. The Bertz CT molecular complexity index is 316. The first kappa shape index (κ1) is 13.6. The lowest BCUT2D eigenvalue weighted by Gasteiger charge is -2.10. The summed E-state index contributed by atoms with van der Waals surface area (Å²) in [5.41, 5.74) is 0.922. The summed E-state index contributed by atoms with van der Waals surface area (Å²) in [6.07, 6.45) is 0.873. The van der Waals surface area contributed by atoms with Crippen LogP contribution in [0.25, 0.3) is 0 Å². The minimum atomic E-state index is 0.404. The van der Waals surface area contributed by atoms with Gasteiger partial charge >= 0.3 is 0 Å². The summed E-state index contributed by atoms with van der Waals surface area (Å²) in [5, 5.41) is 0.678. The Hall–Kier alpha value is -0.440. The fourth-order valence-electron chi connectivity index (χ4n) is 1.28. The van der Waals surface area contributed by atoms with Crippen molar-refractivity contribution in [2.24, 2.45) is 0 Å².